The molecule has 0 radical (unpaired) electrons. The highest BCUT2D eigenvalue weighted by Gasteiger charge is 2.23. The van der Waals surface area contributed by atoms with Crippen molar-refractivity contribution in [3.63, 3.8) is 0 Å². The molecule has 2 unspecified atom stereocenters. The second-order valence-electron chi connectivity index (χ2n) is 10.5. The lowest BCUT2D eigenvalue weighted by atomic mass is 10.1. The number of likely N-dealkylation sites (tertiary alicyclic amines) is 2. The molecule has 2 aliphatic heterocycles. The molecule has 2 aromatic carbocycles. The predicted molar refractivity (Wildman–Crippen MR) is 147 cm³/mol. The summed E-state index contributed by atoms with van der Waals surface area (Å²) in [6.45, 7) is 3.28. The van der Waals surface area contributed by atoms with Gasteiger partial charge in [-0.2, -0.15) is 0 Å². The van der Waals surface area contributed by atoms with E-state index < -0.39 is 0 Å². The first kappa shape index (κ1) is 26.1. The monoisotopic (exact) mass is 520 g/mol. The van der Waals surface area contributed by atoms with Crippen molar-refractivity contribution in [2.24, 2.45) is 4.99 Å². The number of hydrogen-bond acceptors (Lipinski definition) is 9. The number of phenolic OH excluding ortho intramolecular Hbond substituents is 3. The fraction of sp³-hybridized carbons (Fsp3) is 0.500. The van der Waals surface area contributed by atoms with Gasteiger partial charge in [0.1, 0.15) is 39.3 Å². The lowest BCUT2D eigenvalue weighted by Gasteiger charge is -2.19. The van der Waals surface area contributed by atoms with Gasteiger partial charge in [-0.3, -0.25) is 9.79 Å². The molecule has 10 heteroatoms. The zero-order valence-electron chi connectivity index (χ0n) is 22.0. The number of amides is 1. The van der Waals surface area contributed by atoms with Gasteiger partial charge >= 0.3 is 0 Å². The average Bonchev–Trinajstić information content (AvgIpc) is 3.50. The number of rotatable bonds is 8. The molecule has 5 rings (SSSR count). The number of benzene rings is 2. The molecule has 3 aromatic rings. The van der Waals surface area contributed by atoms with Crippen molar-refractivity contribution >= 4 is 34.2 Å². The third kappa shape index (κ3) is 5.23. The minimum absolute atomic E-state index is 0.118. The van der Waals surface area contributed by atoms with Crippen LogP contribution in [0.25, 0.3) is 22.1 Å². The Balaban J connectivity index is 1.42. The lowest BCUT2D eigenvalue weighted by molar-refractivity contribution is 0.0951. The Hall–Kier alpha value is -3.50. The van der Waals surface area contributed by atoms with Crippen LogP contribution in [0.1, 0.15) is 54.4 Å². The number of carbonyl (C=O) groups is 1. The van der Waals surface area contributed by atoms with Gasteiger partial charge in [-0.1, -0.05) is 0 Å². The Morgan fingerprint density at radius 2 is 1.61 bits per heavy atom. The summed E-state index contributed by atoms with van der Waals surface area (Å²) >= 11 is 0. The molecule has 1 aromatic heterocycles. The molecular weight excluding hydrogens is 484 g/mol. The van der Waals surface area contributed by atoms with Gasteiger partial charge in [0.2, 0.25) is 0 Å². The molecule has 0 aliphatic carbocycles. The molecule has 4 N–H and O–H groups in total. The van der Waals surface area contributed by atoms with Crippen molar-refractivity contribution in [2.75, 3.05) is 40.3 Å². The number of aromatic hydroxyl groups is 3. The minimum atomic E-state index is -0.318. The van der Waals surface area contributed by atoms with Crippen molar-refractivity contribution in [3.05, 3.63) is 29.3 Å². The summed E-state index contributed by atoms with van der Waals surface area (Å²) in [4.78, 5) is 31.3. The van der Waals surface area contributed by atoms with E-state index in [0.29, 0.717) is 30.7 Å². The number of hydrogen-bond donors (Lipinski definition) is 4. The molecule has 0 spiro atoms. The summed E-state index contributed by atoms with van der Waals surface area (Å²) in [7, 11) is 4.22. The van der Waals surface area contributed by atoms with Gasteiger partial charge in [0.15, 0.2) is 0 Å². The minimum Gasteiger partial charge on any atom is -0.507 e. The van der Waals surface area contributed by atoms with Crippen LogP contribution in [0, 0.1) is 0 Å². The first-order chi connectivity index (χ1) is 18.3. The number of fused-ring (bicyclic) bond motifs is 2. The van der Waals surface area contributed by atoms with Crippen LogP contribution in [0.15, 0.2) is 23.2 Å². The number of aromatic nitrogens is 2. The summed E-state index contributed by atoms with van der Waals surface area (Å²) in [5.41, 5.74) is 1.19. The maximum Gasteiger partial charge on any atom is 0.253 e. The Bertz CT molecular complexity index is 1380. The van der Waals surface area contributed by atoms with Gasteiger partial charge in [0, 0.05) is 37.5 Å². The number of nitrogens with one attached hydrogen (secondary N) is 1. The standard InChI is InChI=1S/C28H36N6O4/c1-33-13-3-5-17(33)9-11-29-16-20-22(36)15-23(37)27-25(20)32-26-21(35)8-7-19(24(26)31-27)28(38)30-12-10-18-6-4-14-34(18)2/h7-8,15-18,35-37H,3-6,9-14H2,1-2H3,(H,30,38)/b29-16+. The summed E-state index contributed by atoms with van der Waals surface area (Å²) in [6, 6.07) is 5.09. The highest BCUT2D eigenvalue weighted by Crippen LogP contribution is 2.35. The van der Waals surface area contributed by atoms with Gasteiger partial charge in [0.05, 0.1) is 11.1 Å². The molecule has 2 atom stereocenters. The van der Waals surface area contributed by atoms with Crippen molar-refractivity contribution in [3.8, 4) is 17.2 Å². The smallest absolute Gasteiger partial charge is 0.253 e. The SMILES string of the molecule is CN1CCCC1CC/N=C/c1c(O)cc(O)c2nc3c(C(=O)NCCC4CCCN4C)ccc(O)c3nc12. The van der Waals surface area contributed by atoms with Crippen LogP contribution in [0.2, 0.25) is 0 Å². The van der Waals surface area contributed by atoms with E-state index in [9.17, 15) is 20.1 Å². The highest BCUT2D eigenvalue weighted by molar-refractivity contribution is 6.10. The zero-order valence-corrected chi connectivity index (χ0v) is 22.0. The topological polar surface area (TPSA) is 134 Å². The van der Waals surface area contributed by atoms with Crippen LogP contribution >= 0.6 is 0 Å². The van der Waals surface area contributed by atoms with Gasteiger partial charge in [-0.25, -0.2) is 9.97 Å². The van der Waals surface area contributed by atoms with Crippen LogP contribution in [0.5, 0.6) is 17.2 Å². The zero-order chi connectivity index (χ0) is 26.8. The van der Waals surface area contributed by atoms with Crippen LogP contribution in [0.4, 0.5) is 0 Å². The molecule has 3 heterocycles. The van der Waals surface area contributed by atoms with Gasteiger partial charge < -0.3 is 30.4 Å². The molecule has 2 fully saturated rings. The van der Waals surface area contributed by atoms with Crippen molar-refractivity contribution in [1.82, 2.24) is 25.1 Å². The largest absolute Gasteiger partial charge is 0.507 e. The van der Waals surface area contributed by atoms with E-state index in [1.807, 2.05) is 0 Å². The first-order valence-corrected chi connectivity index (χ1v) is 13.4. The van der Waals surface area contributed by atoms with Gasteiger partial charge in [-0.15, -0.1) is 0 Å². The molecule has 0 bridgehead atoms. The lowest BCUT2D eigenvalue weighted by Crippen LogP contribution is -2.31. The predicted octanol–water partition coefficient (Wildman–Crippen LogP) is 3.02. The fourth-order valence-corrected chi connectivity index (χ4v) is 5.71. The molecule has 2 aliphatic rings. The molecule has 2 saturated heterocycles. The highest BCUT2D eigenvalue weighted by atomic mass is 16.3. The Kier molecular flexibility index (Phi) is 7.62. The van der Waals surface area contributed by atoms with Gasteiger partial charge in [-0.05, 0) is 77.8 Å². The first-order valence-electron chi connectivity index (χ1n) is 13.4. The Morgan fingerprint density at radius 3 is 2.29 bits per heavy atom. The Labute approximate surface area is 222 Å². The molecule has 0 saturated carbocycles. The Morgan fingerprint density at radius 1 is 0.947 bits per heavy atom. The van der Waals surface area contributed by atoms with Crippen LogP contribution in [0.3, 0.4) is 0 Å². The summed E-state index contributed by atoms with van der Waals surface area (Å²) in [6.07, 6.45) is 7.95. The maximum absolute atomic E-state index is 13.1. The van der Waals surface area contributed by atoms with E-state index in [1.54, 1.807) is 6.21 Å². The number of carbonyl (C=O) groups excluding carboxylic acids is 1. The number of nitrogens with zero attached hydrogens (tertiary/aromatic N) is 5. The van der Waals surface area contributed by atoms with Crippen molar-refractivity contribution < 1.29 is 20.1 Å². The second kappa shape index (κ2) is 11.1. The third-order valence-corrected chi connectivity index (χ3v) is 8.01. The number of phenols is 3. The normalized spacial score (nSPS) is 20.8. The van der Waals surface area contributed by atoms with Gasteiger partial charge in [0.25, 0.3) is 5.91 Å². The van der Waals surface area contributed by atoms with E-state index in [2.05, 4.69) is 44.2 Å². The maximum atomic E-state index is 13.1. The van der Waals surface area contributed by atoms with Crippen LogP contribution in [-0.4, -0.2) is 99.6 Å². The van der Waals surface area contributed by atoms with Crippen molar-refractivity contribution in [2.45, 2.75) is 50.6 Å². The molecule has 1 amide bonds. The van der Waals surface area contributed by atoms with E-state index >= 15 is 0 Å². The summed E-state index contributed by atoms with van der Waals surface area (Å²) in [5.74, 6) is -0.916. The molecule has 10 nitrogen and oxygen atoms in total. The molecular formula is C28H36N6O4. The quantitative estimate of drug-likeness (QED) is 0.263. The second-order valence-corrected chi connectivity index (χ2v) is 10.5. The number of aliphatic imine (C=N–C) groups is 1. The van der Waals surface area contributed by atoms with E-state index in [0.717, 1.165) is 38.8 Å². The molecule has 38 heavy (non-hydrogen) atoms. The van der Waals surface area contributed by atoms with Crippen LogP contribution < -0.4 is 5.32 Å². The van der Waals surface area contributed by atoms with E-state index in [4.69, 9.17) is 0 Å². The third-order valence-electron chi connectivity index (χ3n) is 8.01. The molecule has 202 valence electrons. The van der Waals surface area contributed by atoms with E-state index in [-0.39, 0.29) is 50.8 Å². The van der Waals surface area contributed by atoms with E-state index in [1.165, 1.54) is 31.0 Å². The average molecular weight is 521 g/mol. The summed E-state index contributed by atoms with van der Waals surface area (Å²) < 4.78 is 0. The summed E-state index contributed by atoms with van der Waals surface area (Å²) in [5, 5.41) is 34.7. The fourth-order valence-electron chi connectivity index (χ4n) is 5.71. The van der Waals surface area contributed by atoms with Crippen molar-refractivity contribution in [1.29, 1.82) is 0 Å². The van der Waals surface area contributed by atoms with Crippen LogP contribution in [-0.2, 0) is 0 Å².